The number of amides is 1. The van der Waals surface area contributed by atoms with Crippen molar-refractivity contribution >= 4 is 5.91 Å². The first-order valence-electron chi connectivity index (χ1n) is 8.28. The van der Waals surface area contributed by atoms with Crippen LogP contribution in [0.1, 0.15) is 56.4 Å². The molecule has 136 valence electrons. The van der Waals surface area contributed by atoms with Crippen LogP contribution in [0.4, 0.5) is 0 Å². The van der Waals surface area contributed by atoms with Gasteiger partial charge in [-0.3, -0.25) is 4.79 Å². The van der Waals surface area contributed by atoms with E-state index in [-0.39, 0.29) is 24.3 Å². The highest BCUT2D eigenvalue weighted by molar-refractivity contribution is 5.76. The van der Waals surface area contributed by atoms with Crippen LogP contribution < -0.4 is 14.8 Å². The molecule has 1 N–H and O–H groups in total. The molecule has 0 fully saturated rings. The van der Waals surface area contributed by atoms with Gasteiger partial charge in [-0.25, -0.2) is 0 Å². The van der Waals surface area contributed by atoms with E-state index in [1.807, 2.05) is 32.9 Å². The third-order valence-electron chi connectivity index (χ3n) is 3.85. The molecule has 0 bridgehead atoms. The Kier molecular flexibility index (Phi) is 6.38. The minimum absolute atomic E-state index is 0.0883. The molecule has 1 heterocycles. The first-order chi connectivity index (χ1) is 11.9. The van der Waals surface area contributed by atoms with Gasteiger partial charge in [-0.2, -0.15) is 4.98 Å². The monoisotopic (exact) mass is 347 g/mol. The Morgan fingerprint density at radius 2 is 2.00 bits per heavy atom. The maximum Gasteiger partial charge on any atom is 0.227 e. The van der Waals surface area contributed by atoms with E-state index in [0.717, 1.165) is 5.56 Å². The zero-order valence-electron chi connectivity index (χ0n) is 15.3. The van der Waals surface area contributed by atoms with Crippen LogP contribution in [0.5, 0.6) is 11.5 Å². The highest BCUT2D eigenvalue weighted by atomic mass is 16.5. The smallest absolute Gasteiger partial charge is 0.227 e. The van der Waals surface area contributed by atoms with Crippen LogP contribution >= 0.6 is 0 Å². The molecule has 1 amide bonds. The molecular formula is C18H25N3O4. The van der Waals surface area contributed by atoms with E-state index in [0.29, 0.717) is 29.6 Å². The van der Waals surface area contributed by atoms with Gasteiger partial charge in [0.15, 0.2) is 5.82 Å². The summed E-state index contributed by atoms with van der Waals surface area (Å²) >= 11 is 0. The lowest BCUT2D eigenvalue weighted by Gasteiger charge is -2.18. The van der Waals surface area contributed by atoms with E-state index in [1.54, 1.807) is 20.3 Å². The lowest BCUT2D eigenvalue weighted by atomic mass is 10.1. The molecule has 0 saturated carbocycles. The van der Waals surface area contributed by atoms with Crippen molar-refractivity contribution in [2.75, 3.05) is 14.2 Å². The van der Waals surface area contributed by atoms with Crippen molar-refractivity contribution in [2.45, 2.75) is 45.6 Å². The van der Waals surface area contributed by atoms with E-state index < -0.39 is 0 Å². The Hall–Kier alpha value is -2.57. The molecule has 0 aliphatic heterocycles. The average Bonchev–Trinajstić information content (AvgIpc) is 3.08. The van der Waals surface area contributed by atoms with Gasteiger partial charge in [-0.1, -0.05) is 19.0 Å². The maximum absolute atomic E-state index is 12.2. The van der Waals surface area contributed by atoms with Crippen LogP contribution in [0.15, 0.2) is 22.7 Å². The third kappa shape index (κ3) is 4.95. The Morgan fingerprint density at radius 3 is 2.60 bits per heavy atom. The Morgan fingerprint density at radius 1 is 1.24 bits per heavy atom. The van der Waals surface area contributed by atoms with Gasteiger partial charge in [-0.05, 0) is 19.1 Å². The van der Waals surface area contributed by atoms with Crippen molar-refractivity contribution in [3.63, 3.8) is 0 Å². The normalized spacial score (nSPS) is 12.1. The molecule has 2 rings (SSSR count). The number of hydrogen-bond donors (Lipinski definition) is 1. The van der Waals surface area contributed by atoms with Crippen molar-refractivity contribution in [2.24, 2.45) is 0 Å². The van der Waals surface area contributed by atoms with Gasteiger partial charge < -0.3 is 19.3 Å². The minimum atomic E-state index is -0.192. The highest BCUT2D eigenvalue weighted by Gasteiger charge is 2.16. The number of nitrogens with one attached hydrogen (secondary N) is 1. The summed E-state index contributed by atoms with van der Waals surface area (Å²) < 4.78 is 15.7. The van der Waals surface area contributed by atoms with Crippen molar-refractivity contribution in [1.82, 2.24) is 15.5 Å². The second kappa shape index (κ2) is 8.50. The first-order valence-corrected chi connectivity index (χ1v) is 8.28. The number of ether oxygens (including phenoxy) is 2. The maximum atomic E-state index is 12.2. The second-order valence-electron chi connectivity index (χ2n) is 6.10. The van der Waals surface area contributed by atoms with E-state index in [9.17, 15) is 4.79 Å². The van der Waals surface area contributed by atoms with Gasteiger partial charge in [0.2, 0.25) is 11.8 Å². The summed E-state index contributed by atoms with van der Waals surface area (Å²) in [6.45, 7) is 5.89. The molecule has 2 aromatic rings. The topological polar surface area (TPSA) is 86.5 Å². The molecule has 1 aromatic carbocycles. The molecule has 1 aromatic heterocycles. The van der Waals surface area contributed by atoms with Gasteiger partial charge in [0, 0.05) is 30.4 Å². The van der Waals surface area contributed by atoms with Crippen LogP contribution in [0, 0.1) is 0 Å². The Labute approximate surface area is 147 Å². The lowest BCUT2D eigenvalue weighted by Crippen LogP contribution is -2.27. The molecule has 1 atom stereocenters. The Balaban J connectivity index is 1.93. The summed E-state index contributed by atoms with van der Waals surface area (Å²) in [4.78, 5) is 16.5. The summed E-state index contributed by atoms with van der Waals surface area (Å²) in [6, 6.07) is 5.33. The first kappa shape index (κ1) is 18.8. The number of aromatic nitrogens is 2. The molecule has 0 aliphatic rings. The number of carbonyl (C=O) groups is 1. The molecule has 0 unspecified atom stereocenters. The number of rotatable bonds is 8. The van der Waals surface area contributed by atoms with Gasteiger partial charge in [0.05, 0.1) is 20.3 Å². The highest BCUT2D eigenvalue weighted by Crippen LogP contribution is 2.29. The molecule has 7 heteroatoms. The van der Waals surface area contributed by atoms with Crippen LogP contribution in [-0.4, -0.2) is 30.3 Å². The third-order valence-corrected chi connectivity index (χ3v) is 3.85. The minimum Gasteiger partial charge on any atom is -0.497 e. The molecule has 0 saturated heterocycles. The van der Waals surface area contributed by atoms with Gasteiger partial charge in [0.25, 0.3) is 0 Å². The Bertz CT molecular complexity index is 712. The quantitative estimate of drug-likeness (QED) is 0.790. The SMILES string of the molecule is COc1ccc([C@@H](C)NC(=O)CCc2nc(C(C)C)no2)c(OC)c1. The summed E-state index contributed by atoms with van der Waals surface area (Å²) in [6.07, 6.45) is 0.695. The summed E-state index contributed by atoms with van der Waals surface area (Å²) in [7, 11) is 3.19. The van der Waals surface area contributed by atoms with Gasteiger partial charge >= 0.3 is 0 Å². The molecule has 0 spiro atoms. The van der Waals surface area contributed by atoms with E-state index in [1.165, 1.54) is 0 Å². The number of methoxy groups -OCH3 is 2. The predicted molar refractivity (Wildman–Crippen MR) is 92.8 cm³/mol. The fourth-order valence-corrected chi connectivity index (χ4v) is 2.39. The molecular weight excluding hydrogens is 322 g/mol. The zero-order valence-corrected chi connectivity index (χ0v) is 15.3. The fourth-order valence-electron chi connectivity index (χ4n) is 2.39. The molecule has 0 aliphatic carbocycles. The van der Waals surface area contributed by atoms with Crippen molar-refractivity contribution in [1.29, 1.82) is 0 Å². The number of nitrogens with zero attached hydrogens (tertiary/aromatic N) is 2. The van der Waals surface area contributed by atoms with Crippen molar-refractivity contribution < 1.29 is 18.8 Å². The number of carbonyl (C=O) groups excluding carboxylic acids is 1. The van der Waals surface area contributed by atoms with Crippen LogP contribution in [0.25, 0.3) is 0 Å². The van der Waals surface area contributed by atoms with E-state index in [2.05, 4.69) is 15.5 Å². The van der Waals surface area contributed by atoms with Crippen LogP contribution in [0.2, 0.25) is 0 Å². The second-order valence-corrected chi connectivity index (χ2v) is 6.10. The van der Waals surface area contributed by atoms with E-state index >= 15 is 0 Å². The molecule has 0 radical (unpaired) electrons. The van der Waals surface area contributed by atoms with Gasteiger partial charge in [-0.15, -0.1) is 0 Å². The fraction of sp³-hybridized carbons (Fsp3) is 0.500. The lowest BCUT2D eigenvalue weighted by molar-refractivity contribution is -0.121. The largest absolute Gasteiger partial charge is 0.497 e. The van der Waals surface area contributed by atoms with Crippen molar-refractivity contribution in [3.05, 3.63) is 35.5 Å². The van der Waals surface area contributed by atoms with Crippen molar-refractivity contribution in [3.8, 4) is 11.5 Å². The number of benzene rings is 1. The standard InChI is InChI=1S/C18H25N3O4/c1-11(2)18-20-17(25-21-18)9-8-16(22)19-12(3)14-7-6-13(23-4)10-15(14)24-5/h6-7,10-12H,8-9H2,1-5H3,(H,19,22)/t12-/m1/s1. The van der Waals surface area contributed by atoms with E-state index in [4.69, 9.17) is 14.0 Å². The van der Waals surface area contributed by atoms with Gasteiger partial charge in [0.1, 0.15) is 11.5 Å². The summed E-state index contributed by atoms with van der Waals surface area (Å²) in [5, 5.41) is 6.85. The molecule has 7 nitrogen and oxygen atoms in total. The number of aryl methyl sites for hydroxylation is 1. The average molecular weight is 347 g/mol. The summed E-state index contributed by atoms with van der Waals surface area (Å²) in [5.74, 6) is 2.63. The number of hydrogen-bond acceptors (Lipinski definition) is 6. The summed E-state index contributed by atoms with van der Waals surface area (Å²) in [5.41, 5.74) is 0.886. The van der Waals surface area contributed by atoms with Crippen LogP contribution in [-0.2, 0) is 11.2 Å². The predicted octanol–water partition coefficient (Wildman–Crippen LogP) is 3.02. The zero-order chi connectivity index (χ0) is 18.4. The molecule has 25 heavy (non-hydrogen) atoms. The van der Waals surface area contributed by atoms with Crippen LogP contribution in [0.3, 0.4) is 0 Å².